The minimum atomic E-state index is -0.455. The molecule has 2 aromatic carbocycles. The van der Waals surface area contributed by atoms with E-state index in [4.69, 9.17) is 31.2 Å². The first kappa shape index (κ1) is 27.1. The number of morpholine rings is 1. The molecular formula is C26H32N4O5S. The zero-order valence-electron chi connectivity index (χ0n) is 21.0. The van der Waals surface area contributed by atoms with E-state index in [1.807, 2.05) is 24.3 Å². The van der Waals surface area contributed by atoms with Crippen molar-refractivity contribution in [3.8, 4) is 29.1 Å². The van der Waals surface area contributed by atoms with Crippen molar-refractivity contribution in [2.24, 2.45) is 0 Å². The van der Waals surface area contributed by atoms with Gasteiger partial charge in [0.05, 0.1) is 40.1 Å². The topological polar surface area (TPSA) is 93.3 Å². The summed E-state index contributed by atoms with van der Waals surface area (Å²) in [6, 6.07) is 9.67. The summed E-state index contributed by atoms with van der Waals surface area (Å²) >= 11 is 5.35. The molecule has 1 aliphatic rings. The van der Waals surface area contributed by atoms with Crippen LogP contribution in [0.1, 0.15) is 28.4 Å². The second kappa shape index (κ2) is 13.5. The molecule has 192 valence electrons. The summed E-state index contributed by atoms with van der Waals surface area (Å²) in [7, 11) is 4.48. The molecule has 3 N–H and O–H groups in total. The highest BCUT2D eigenvalue weighted by molar-refractivity contribution is 7.80. The van der Waals surface area contributed by atoms with E-state index in [9.17, 15) is 4.79 Å². The van der Waals surface area contributed by atoms with Crippen molar-refractivity contribution in [3.05, 3.63) is 47.0 Å². The fraction of sp³-hybridized carbons (Fsp3) is 0.385. The molecule has 0 atom stereocenters. The summed E-state index contributed by atoms with van der Waals surface area (Å²) < 4.78 is 21.9. The third-order valence-electron chi connectivity index (χ3n) is 5.59. The van der Waals surface area contributed by atoms with Gasteiger partial charge in [-0.15, -0.1) is 5.92 Å². The zero-order chi connectivity index (χ0) is 25.9. The molecular weight excluding hydrogens is 480 g/mol. The van der Waals surface area contributed by atoms with Gasteiger partial charge in [-0.25, -0.2) is 0 Å². The molecule has 0 unspecified atom stereocenters. The molecule has 1 amide bonds. The van der Waals surface area contributed by atoms with Crippen LogP contribution in [0.15, 0.2) is 30.3 Å². The van der Waals surface area contributed by atoms with Crippen LogP contribution in [0, 0.1) is 11.8 Å². The van der Waals surface area contributed by atoms with E-state index in [-0.39, 0.29) is 16.4 Å². The number of thiocarbonyl (C=S) groups is 1. The van der Waals surface area contributed by atoms with Crippen LogP contribution in [-0.2, 0) is 17.7 Å². The SMILES string of the molecule is CC#CCc1cc(C(=O)NNC(=S)Nc2ccc(CN3CCOCC3)cc2)c(OC)c(OC)c1OC. The van der Waals surface area contributed by atoms with Crippen molar-refractivity contribution in [1.29, 1.82) is 0 Å². The van der Waals surface area contributed by atoms with Gasteiger partial charge in [0, 0.05) is 37.3 Å². The number of nitrogens with zero attached hydrogens (tertiary/aromatic N) is 1. The van der Waals surface area contributed by atoms with Gasteiger partial charge in [-0.1, -0.05) is 18.1 Å². The molecule has 9 nitrogen and oxygen atoms in total. The number of hydrogen-bond acceptors (Lipinski definition) is 7. The highest BCUT2D eigenvalue weighted by Crippen LogP contribution is 2.42. The molecule has 36 heavy (non-hydrogen) atoms. The average molecular weight is 513 g/mol. The van der Waals surface area contributed by atoms with Gasteiger partial charge in [-0.2, -0.15) is 0 Å². The van der Waals surface area contributed by atoms with E-state index in [1.54, 1.807) is 13.0 Å². The lowest BCUT2D eigenvalue weighted by Crippen LogP contribution is -2.43. The number of ether oxygens (including phenoxy) is 4. The van der Waals surface area contributed by atoms with E-state index < -0.39 is 5.91 Å². The number of nitrogens with one attached hydrogen (secondary N) is 3. The Bertz CT molecular complexity index is 1120. The third kappa shape index (κ3) is 7.01. The molecule has 1 heterocycles. The number of rotatable bonds is 8. The van der Waals surface area contributed by atoms with Crippen LogP contribution in [0.5, 0.6) is 17.2 Å². The van der Waals surface area contributed by atoms with Crippen LogP contribution in [0.25, 0.3) is 0 Å². The molecule has 0 aromatic heterocycles. The average Bonchev–Trinajstić information content (AvgIpc) is 2.91. The number of benzene rings is 2. The highest BCUT2D eigenvalue weighted by atomic mass is 32.1. The molecule has 3 rings (SSSR count). The predicted octanol–water partition coefficient (Wildman–Crippen LogP) is 2.74. The largest absolute Gasteiger partial charge is 0.492 e. The van der Waals surface area contributed by atoms with Crippen LogP contribution in [0.2, 0.25) is 0 Å². The standard InChI is InChI=1S/C26H32N4O5S/c1-5-6-7-19-16-21(23(33-3)24(34-4)22(19)32-2)25(31)28-29-26(36)27-20-10-8-18(9-11-20)17-30-12-14-35-15-13-30/h8-11,16H,7,12-15,17H2,1-4H3,(H,28,31)(H2,27,29,36). The second-order valence-corrected chi connectivity index (χ2v) is 8.31. The van der Waals surface area contributed by atoms with Gasteiger partial charge in [0.25, 0.3) is 5.91 Å². The van der Waals surface area contributed by atoms with Crippen LogP contribution < -0.4 is 30.4 Å². The number of anilines is 1. The predicted molar refractivity (Wildman–Crippen MR) is 143 cm³/mol. The molecule has 0 aliphatic carbocycles. The zero-order valence-corrected chi connectivity index (χ0v) is 21.8. The fourth-order valence-corrected chi connectivity index (χ4v) is 4.00. The Balaban J connectivity index is 1.64. The summed E-state index contributed by atoms with van der Waals surface area (Å²) in [6.07, 6.45) is 0.384. The Labute approximate surface area is 217 Å². The van der Waals surface area contributed by atoms with Gasteiger partial charge in [-0.3, -0.25) is 20.5 Å². The van der Waals surface area contributed by atoms with Crippen molar-refractivity contribution in [2.75, 3.05) is 52.9 Å². The van der Waals surface area contributed by atoms with Gasteiger partial charge in [-0.05, 0) is 42.9 Å². The second-order valence-electron chi connectivity index (χ2n) is 7.91. The first-order chi connectivity index (χ1) is 17.5. The molecule has 0 radical (unpaired) electrons. The van der Waals surface area contributed by atoms with E-state index in [0.717, 1.165) is 38.5 Å². The van der Waals surface area contributed by atoms with Crippen molar-refractivity contribution >= 4 is 28.9 Å². The van der Waals surface area contributed by atoms with Gasteiger partial charge in [0.15, 0.2) is 16.6 Å². The summed E-state index contributed by atoms with van der Waals surface area (Å²) in [6.45, 7) is 6.04. The van der Waals surface area contributed by atoms with E-state index in [2.05, 4.69) is 32.9 Å². The molecule has 0 spiro atoms. The summed E-state index contributed by atoms with van der Waals surface area (Å²) in [5.74, 6) is 6.41. The Hall–Kier alpha value is -3.52. The van der Waals surface area contributed by atoms with Crippen LogP contribution >= 0.6 is 12.2 Å². The van der Waals surface area contributed by atoms with Crippen LogP contribution in [0.3, 0.4) is 0 Å². The smallest absolute Gasteiger partial charge is 0.273 e. The molecule has 0 bridgehead atoms. The fourth-order valence-electron chi connectivity index (χ4n) is 3.83. The molecule has 1 fully saturated rings. The Morgan fingerprint density at radius 2 is 1.69 bits per heavy atom. The minimum absolute atomic E-state index is 0.237. The number of methoxy groups -OCH3 is 3. The number of amides is 1. The van der Waals surface area contributed by atoms with Crippen LogP contribution in [-0.4, -0.2) is 63.6 Å². The van der Waals surface area contributed by atoms with Crippen molar-refractivity contribution < 1.29 is 23.7 Å². The third-order valence-corrected chi connectivity index (χ3v) is 5.80. The lowest BCUT2D eigenvalue weighted by atomic mass is 10.0. The van der Waals surface area contributed by atoms with Crippen molar-refractivity contribution in [3.63, 3.8) is 0 Å². The van der Waals surface area contributed by atoms with Gasteiger partial charge < -0.3 is 24.3 Å². The maximum atomic E-state index is 13.0. The Morgan fingerprint density at radius 1 is 1.03 bits per heavy atom. The van der Waals surface area contributed by atoms with Gasteiger partial charge in [0.1, 0.15) is 0 Å². The quantitative estimate of drug-likeness (QED) is 0.280. The Morgan fingerprint density at radius 3 is 2.31 bits per heavy atom. The van der Waals surface area contributed by atoms with Crippen LogP contribution in [0.4, 0.5) is 5.69 Å². The van der Waals surface area contributed by atoms with Crippen molar-refractivity contribution in [2.45, 2.75) is 19.9 Å². The monoisotopic (exact) mass is 512 g/mol. The van der Waals surface area contributed by atoms with E-state index >= 15 is 0 Å². The van der Waals surface area contributed by atoms with Gasteiger partial charge >= 0.3 is 0 Å². The highest BCUT2D eigenvalue weighted by Gasteiger charge is 2.24. The maximum absolute atomic E-state index is 13.0. The molecule has 0 saturated carbocycles. The van der Waals surface area contributed by atoms with E-state index in [0.29, 0.717) is 23.5 Å². The minimum Gasteiger partial charge on any atom is -0.492 e. The Kier molecular flexibility index (Phi) is 10.2. The molecule has 2 aromatic rings. The number of carbonyl (C=O) groups excluding carboxylic acids is 1. The number of hydrogen-bond donors (Lipinski definition) is 3. The lowest BCUT2D eigenvalue weighted by Gasteiger charge is -2.26. The first-order valence-corrected chi connectivity index (χ1v) is 11.9. The molecule has 1 saturated heterocycles. The van der Waals surface area contributed by atoms with Gasteiger partial charge in [0.2, 0.25) is 5.75 Å². The number of carbonyl (C=O) groups is 1. The normalized spacial score (nSPS) is 13.1. The first-order valence-electron chi connectivity index (χ1n) is 11.5. The van der Waals surface area contributed by atoms with E-state index in [1.165, 1.54) is 26.9 Å². The maximum Gasteiger partial charge on any atom is 0.273 e. The summed E-state index contributed by atoms with van der Waals surface area (Å²) in [5, 5.41) is 3.30. The molecule has 1 aliphatic heterocycles. The number of hydrazine groups is 1. The van der Waals surface area contributed by atoms with Crippen molar-refractivity contribution in [1.82, 2.24) is 15.8 Å². The lowest BCUT2D eigenvalue weighted by molar-refractivity contribution is 0.0342. The summed E-state index contributed by atoms with van der Waals surface area (Å²) in [5.41, 5.74) is 8.31. The molecule has 10 heteroatoms. The summed E-state index contributed by atoms with van der Waals surface area (Å²) in [4.78, 5) is 15.4.